The molecule has 0 bridgehead atoms. The van der Waals surface area contributed by atoms with Crippen LogP contribution >= 0.6 is 0 Å². The maximum absolute atomic E-state index is 11.4. The summed E-state index contributed by atoms with van der Waals surface area (Å²) in [4.78, 5) is 22.9. The average molecular weight is 482 g/mol. The van der Waals surface area contributed by atoms with Crippen molar-refractivity contribution in [3.05, 3.63) is 82.4 Å². The fourth-order valence-electron chi connectivity index (χ4n) is 1.89. The number of hydrogen-bond donors (Lipinski definition) is 0. The Morgan fingerprint density at radius 2 is 1.03 bits per heavy atom. The summed E-state index contributed by atoms with van der Waals surface area (Å²) < 4.78 is 19.6. The summed E-state index contributed by atoms with van der Waals surface area (Å²) in [6, 6.07) is 18.5. The number of rotatable bonds is 6. The van der Waals surface area contributed by atoms with Crippen molar-refractivity contribution in [2.24, 2.45) is 0 Å². The molecule has 156 valence electrons. The SMILES string of the molecule is CCC(C)[N-]C(=O)c1ccccc1.CCC(C)[N-]C(=O)c1ccccc1.[F][Zr+2][F]. The zero-order valence-corrected chi connectivity index (χ0v) is 19.8. The van der Waals surface area contributed by atoms with Crippen LogP contribution in [0, 0.1) is 0 Å². The van der Waals surface area contributed by atoms with Gasteiger partial charge in [-0.05, 0) is 11.1 Å². The second kappa shape index (κ2) is 17.0. The van der Waals surface area contributed by atoms with Gasteiger partial charge in [-0.2, -0.15) is 0 Å². The Kier molecular flexibility index (Phi) is 15.9. The normalized spacial score (nSPS) is 11.2. The van der Waals surface area contributed by atoms with E-state index in [4.69, 9.17) is 0 Å². The molecular formula is C22H28F2N2O2Zr. The number of carbonyl (C=O) groups excluding carboxylic acids is 2. The van der Waals surface area contributed by atoms with Crippen LogP contribution in [0.2, 0.25) is 0 Å². The number of hydrogen-bond acceptors (Lipinski definition) is 2. The van der Waals surface area contributed by atoms with E-state index >= 15 is 0 Å². The second-order valence-corrected chi connectivity index (χ2v) is 6.54. The molecule has 0 aliphatic carbocycles. The van der Waals surface area contributed by atoms with Crippen LogP contribution in [0.1, 0.15) is 61.3 Å². The van der Waals surface area contributed by atoms with Crippen LogP contribution in [0.4, 0.5) is 5.25 Å². The summed E-state index contributed by atoms with van der Waals surface area (Å²) in [6.07, 6.45) is 1.80. The first-order valence-corrected chi connectivity index (χ1v) is 11.3. The van der Waals surface area contributed by atoms with Crippen molar-refractivity contribution in [3.8, 4) is 0 Å². The fraction of sp³-hybridized carbons (Fsp3) is 0.364. The van der Waals surface area contributed by atoms with Crippen LogP contribution < -0.4 is 0 Å². The Bertz CT molecular complexity index is 628. The first kappa shape index (κ1) is 27.1. The van der Waals surface area contributed by atoms with Gasteiger partial charge in [0, 0.05) is 0 Å². The summed E-state index contributed by atoms with van der Waals surface area (Å²) in [6.45, 7) is 7.93. The van der Waals surface area contributed by atoms with Crippen molar-refractivity contribution in [2.75, 3.05) is 0 Å². The molecule has 0 aliphatic rings. The number of halogens is 2. The van der Waals surface area contributed by atoms with Crippen LogP contribution in [0.3, 0.4) is 0 Å². The molecule has 0 aromatic heterocycles. The standard InChI is InChI=1S/2C11H15NO.2FH.Zr/c2*1-3-9(2)12-11(13)10-7-5-4-6-8-10;;;/h2*4-9H,3H2,1-2H3,(H,12,13);2*1H;/q;;;;+4/p-4. The van der Waals surface area contributed by atoms with Gasteiger partial charge in [-0.1, -0.05) is 101 Å². The summed E-state index contributed by atoms with van der Waals surface area (Å²) >= 11 is -2.77. The first-order valence-electron chi connectivity index (χ1n) is 9.46. The third-order valence-electron chi connectivity index (χ3n) is 3.90. The predicted octanol–water partition coefficient (Wildman–Crippen LogP) is 6.84. The van der Waals surface area contributed by atoms with Crippen molar-refractivity contribution < 1.29 is 39.3 Å². The molecule has 2 amide bonds. The molecular weight excluding hydrogens is 453 g/mol. The molecule has 0 N–H and O–H groups in total. The van der Waals surface area contributed by atoms with Gasteiger partial charge in [0.15, 0.2) is 0 Å². The number of amides is 2. The average Bonchev–Trinajstić information content (AvgIpc) is 2.75. The van der Waals surface area contributed by atoms with Gasteiger partial charge in [0.1, 0.15) is 0 Å². The molecule has 0 saturated carbocycles. The van der Waals surface area contributed by atoms with E-state index < -0.39 is 24.5 Å². The molecule has 0 spiro atoms. The van der Waals surface area contributed by atoms with E-state index in [-0.39, 0.29) is 23.9 Å². The van der Waals surface area contributed by atoms with Crippen molar-refractivity contribution in [1.82, 2.24) is 0 Å². The Labute approximate surface area is 185 Å². The molecule has 2 atom stereocenters. The van der Waals surface area contributed by atoms with Gasteiger partial charge in [0.2, 0.25) is 0 Å². The molecule has 7 heteroatoms. The van der Waals surface area contributed by atoms with E-state index in [9.17, 15) is 14.8 Å². The molecule has 2 aromatic rings. The van der Waals surface area contributed by atoms with Crippen molar-refractivity contribution >= 4 is 11.8 Å². The number of benzene rings is 2. The third-order valence-corrected chi connectivity index (χ3v) is 3.90. The zero-order chi connectivity index (χ0) is 22.1. The third kappa shape index (κ3) is 13.1. The molecule has 0 heterocycles. The first-order chi connectivity index (χ1) is 13.9. The van der Waals surface area contributed by atoms with Crippen molar-refractivity contribution in [2.45, 2.75) is 52.6 Å². The van der Waals surface area contributed by atoms with Gasteiger partial charge in [0.25, 0.3) is 0 Å². The molecule has 0 fully saturated rings. The number of nitrogens with zero attached hydrogens (tertiary/aromatic N) is 2. The van der Waals surface area contributed by atoms with Gasteiger partial charge >= 0.3 is 29.7 Å². The van der Waals surface area contributed by atoms with Crippen LogP contribution in [-0.4, -0.2) is 23.9 Å². The van der Waals surface area contributed by atoms with E-state index in [1.807, 2.05) is 64.1 Å². The Hall–Kier alpha value is -1.88. The molecule has 29 heavy (non-hydrogen) atoms. The summed E-state index contributed by atoms with van der Waals surface area (Å²) in [5.74, 6) is -0.232. The fourth-order valence-corrected chi connectivity index (χ4v) is 1.89. The van der Waals surface area contributed by atoms with Crippen molar-refractivity contribution in [3.63, 3.8) is 0 Å². The van der Waals surface area contributed by atoms with Crippen molar-refractivity contribution in [1.29, 1.82) is 0 Å². The Morgan fingerprint density at radius 3 is 1.28 bits per heavy atom. The van der Waals surface area contributed by atoms with E-state index in [0.717, 1.165) is 12.8 Å². The molecule has 2 rings (SSSR count). The minimum atomic E-state index is -2.77. The van der Waals surface area contributed by atoms with Gasteiger partial charge in [-0.25, -0.2) is 0 Å². The molecule has 0 radical (unpaired) electrons. The summed E-state index contributed by atoms with van der Waals surface area (Å²) in [7, 11) is 0. The van der Waals surface area contributed by atoms with E-state index in [1.54, 1.807) is 24.3 Å². The predicted molar refractivity (Wildman–Crippen MR) is 110 cm³/mol. The van der Waals surface area contributed by atoms with Gasteiger partial charge in [-0.15, -0.1) is 12.1 Å². The van der Waals surface area contributed by atoms with Crippen LogP contribution in [0.25, 0.3) is 10.6 Å². The van der Waals surface area contributed by atoms with Gasteiger partial charge in [-0.3, -0.25) is 0 Å². The van der Waals surface area contributed by atoms with E-state index in [1.165, 1.54) is 0 Å². The molecule has 4 nitrogen and oxygen atoms in total. The van der Waals surface area contributed by atoms with Crippen LogP contribution in [0.5, 0.6) is 0 Å². The van der Waals surface area contributed by atoms with Crippen LogP contribution in [-0.2, 0) is 24.5 Å². The van der Waals surface area contributed by atoms with E-state index in [2.05, 4.69) is 10.6 Å². The van der Waals surface area contributed by atoms with Crippen LogP contribution in [0.15, 0.2) is 60.7 Å². The number of carbonyl (C=O) groups is 2. The summed E-state index contributed by atoms with van der Waals surface area (Å²) in [5, 5.41) is 8.05. The topological polar surface area (TPSA) is 62.3 Å². The maximum atomic E-state index is 11.4. The molecule has 0 saturated heterocycles. The molecule has 2 unspecified atom stereocenters. The monoisotopic (exact) mass is 480 g/mol. The second-order valence-electron chi connectivity index (χ2n) is 6.19. The Morgan fingerprint density at radius 1 is 0.759 bits per heavy atom. The summed E-state index contributed by atoms with van der Waals surface area (Å²) in [5.41, 5.74) is 1.34. The zero-order valence-electron chi connectivity index (χ0n) is 17.3. The van der Waals surface area contributed by atoms with E-state index in [0.29, 0.717) is 11.1 Å². The minimum absolute atomic E-state index is 0.116. The van der Waals surface area contributed by atoms with Gasteiger partial charge < -0.3 is 20.2 Å². The Balaban J connectivity index is 0.000000477. The molecule has 2 aromatic carbocycles. The quantitative estimate of drug-likeness (QED) is 0.454. The molecule has 0 aliphatic heterocycles. The van der Waals surface area contributed by atoms with Gasteiger partial charge in [0.05, 0.1) is 11.8 Å².